The third kappa shape index (κ3) is 75.2. The van der Waals surface area contributed by atoms with E-state index in [-0.39, 0.29) is 25.7 Å². The Morgan fingerprint density at radius 2 is 0.510 bits per heavy atom. The summed E-state index contributed by atoms with van der Waals surface area (Å²) in [5.74, 6) is -2.32. The highest BCUT2D eigenvalue weighted by Gasteiger charge is 2.30. The summed E-state index contributed by atoms with van der Waals surface area (Å²) in [6.07, 6.45) is 87.0. The molecule has 0 heterocycles. The van der Waals surface area contributed by atoms with Gasteiger partial charge in [-0.2, -0.15) is 0 Å². The lowest BCUT2D eigenvalue weighted by Crippen LogP contribution is -2.30. The minimum atomic E-state index is -5.01. The first-order valence-electron chi connectivity index (χ1n) is 40.1. The van der Waals surface area contributed by atoms with Crippen LogP contribution in [0, 0.1) is 0 Å². The average molecular weight is 1500 g/mol. The number of aliphatic hydroxyl groups is 1. The van der Waals surface area contributed by atoms with Crippen LogP contribution in [0.4, 0.5) is 0 Å². The number of carbonyl (C=O) groups excluding carboxylic acids is 4. The smallest absolute Gasteiger partial charge is 0.462 e. The van der Waals surface area contributed by atoms with Gasteiger partial charge >= 0.3 is 39.5 Å². The van der Waals surface area contributed by atoms with Crippen molar-refractivity contribution in [2.45, 2.75) is 329 Å². The van der Waals surface area contributed by atoms with E-state index >= 15 is 0 Å². The molecule has 0 saturated heterocycles. The first kappa shape index (κ1) is 98.9. The van der Waals surface area contributed by atoms with Crippen LogP contribution >= 0.6 is 15.6 Å². The summed E-state index contributed by atoms with van der Waals surface area (Å²) in [4.78, 5) is 73.0. The molecule has 0 aromatic carbocycles. The molecule has 0 aromatic rings. The lowest BCUT2D eigenvalue weighted by atomic mass is 10.0. The van der Waals surface area contributed by atoms with Gasteiger partial charge in [0.2, 0.25) is 0 Å². The van der Waals surface area contributed by atoms with Gasteiger partial charge in [-0.25, -0.2) is 9.13 Å². The van der Waals surface area contributed by atoms with Crippen molar-refractivity contribution in [2.24, 2.45) is 0 Å². The van der Waals surface area contributed by atoms with Gasteiger partial charge in [0.1, 0.15) is 19.3 Å². The van der Waals surface area contributed by atoms with Crippen molar-refractivity contribution in [1.29, 1.82) is 0 Å². The molecule has 5 unspecified atom stereocenters. The molecular formula is C85H142O17P2. The fourth-order valence-electron chi connectivity index (χ4n) is 10.3. The monoisotopic (exact) mass is 1500 g/mol. The number of carbonyl (C=O) groups is 4. The number of phosphoric ester groups is 2. The van der Waals surface area contributed by atoms with Crippen LogP contribution in [0.15, 0.2) is 146 Å². The Morgan fingerprint density at radius 3 is 0.837 bits per heavy atom. The predicted octanol–water partition coefficient (Wildman–Crippen LogP) is 23.4. The Hall–Kier alpha value is -5.06. The molecule has 0 fully saturated rings. The highest BCUT2D eigenvalue weighted by molar-refractivity contribution is 7.47. The van der Waals surface area contributed by atoms with E-state index in [1.54, 1.807) is 0 Å². The summed E-state index contributed by atoms with van der Waals surface area (Å²) in [5, 5.41) is 10.6. The van der Waals surface area contributed by atoms with Crippen LogP contribution < -0.4 is 0 Å². The maximum Gasteiger partial charge on any atom is 0.472 e. The zero-order chi connectivity index (χ0) is 76.0. The summed E-state index contributed by atoms with van der Waals surface area (Å²) >= 11 is 0. The number of unbranched alkanes of at least 4 members (excludes halogenated alkanes) is 24. The highest BCUT2D eigenvalue weighted by Crippen LogP contribution is 2.45. The Bertz CT molecular complexity index is 2540. The van der Waals surface area contributed by atoms with Crippen molar-refractivity contribution in [3.05, 3.63) is 146 Å². The van der Waals surface area contributed by atoms with Gasteiger partial charge in [0.25, 0.3) is 0 Å². The topological polar surface area (TPSA) is 237 Å². The van der Waals surface area contributed by atoms with Crippen molar-refractivity contribution in [3.8, 4) is 0 Å². The Labute approximate surface area is 630 Å². The largest absolute Gasteiger partial charge is 0.472 e. The number of hydrogen-bond donors (Lipinski definition) is 3. The quantitative estimate of drug-likeness (QED) is 0.0169. The Balaban J connectivity index is 5.48. The van der Waals surface area contributed by atoms with Crippen molar-refractivity contribution >= 4 is 39.5 Å². The molecule has 0 aromatic heterocycles. The van der Waals surface area contributed by atoms with Crippen LogP contribution in [-0.4, -0.2) is 96.7 Å². The number of ether oxygens (including phenoxy) is 4. The number of rotatable bonds is 74. The standard InChI is InChI=1S/C85H142O17P2/c1-5-9-13-17-21-25-29-33-37-39-43-46-50-54-58-62-66-70-83(88)96-76-81(102-85(90)72-68-64-60-56-52-48-44-40-38-34-30-26-22-18-14-10-6-2)78-100-104(93,94)98-74-79(86)73-97-103(91,92)99-77-80(101-84(89)71-67-63-59-55-51-47-42-36-32-28-24-20-16-12-8-4)75-95-82(87)69-65-61-57-53-49-45-41-35-31-27-23-19-15-11-7-3/h9-10,13-14,21-23,25-27,33-35,37-38,41,43-44,46,48,54,56,58,60,79-81,86H,5-8,11-12,15-20,24,28-32,36,39-40,42,45,47,49-53,55,57,59,61-78H2,1-4H3,(H,91,92)(H,93,94)/b13-9-,14-10-,25-21-,26-22-,27-23-,37-33-,38-34-,41-35-,46-43-,48-44-,58-54-,60-56-. The zero-order valence-corrected chi connectivity index (χ0v) is 66.7. The summed E-state index contributed by atoms with van der Waals surface area (Å²) in [6, 6.07) is 0. The second-order valence-corrected chi connectivity index (χ2v) is 29.2. The fourth-order valence-corrected chi connectivity index (χ4v) is 11.8. The molecule has 0 aliphatic rings. The number of allylic oxidation sites excluding steroid dienone is 24. The molecule has 0 amide bonds. The maximum atomic E-state index is 13.1. The lowest BCUT2D eigenvalue weighted by molar-refractivity contribution is -0.161. The van der Waals surface area contributed by atoms with E-state index < -0.39 is 97.5 Å². The molecule has 594 valence electrons. The van der Waals surface area contributed by atoms with Crippen LogP contribution in [0.1, 0.15) is 310 Å². The summed E-state index contributed by atoms with van der Waals surface area (Å²) in [7, 11) is -10.0. The van der Waals surface area contributed by atoms with E-state index in [1.807, 2.05) is 24.3 Å². The molecule has 0 rings (SSSR count). The molecule has 17 nitrogen and oxygen atoms in total. The van der Waals surface area contributed by atoms with E-state index in [0.29, 0.717) is 38.5 Å². The zero-order valence-electron chi connectivity index (χ0n) is 64.9. The van der Waals surface area contributed by atoms with Crippen LogP contribution in [0.2, 0.25) is 0 Å². The van der Waals surface area contributed by atoms with Gasteiger partial charge in [0.05, 0.1) is 26.4 Å². The number of hydrogen-bond acceptors (Lipinski definition) is 15. The number of phosphoric acid groups is 2. The SMILES string of the molecule is CC/C=C\C/C=C\C/C=C\C/C=C\C/C=C\CCCC(=O)OCC(COP(=O)(O)OCC(O)COP(=O)(O)OCC(COC(=O)CCCCCCC/C=C\C/C=C\CCCCC)OC(=O)CCCCCCCCCCCCCCCCC)OC(=O)CCC/C=C\C/C=C\C/C=C\C/C=C\C/C=C\CC. The number of esters is 4. The van der Waals surface area contributed by atoms with Crippen LogP contribution in [-0.2, 0) is 65.4 Å². The molecule has 0 spiro atoms. The van der Waals surface area contributed by atoms with E-state index in [1.165, 1.54) is 83.5 Å². The molecule has 0 radical (unpaired) electrons. The normalized spacial score (nSPS) is 14.6. The van der Waals surface area contributed by atoms with Crippen molar-refractivity contribution in [2.75, 3.05) is 39.6 Å². The van der Waals surface area contributed by atoms with E-state index in [9.17, 15) is 43.2 Å². The molecule has 3 N–H and O–H groups in total. The van der Waals surface area contributed by atoms with Crippen LogP contribution in [0.5, 0.6) is 0 Å². The van der Waals surface area contributed by atoms with Gasteiger partial charge in [0.15, 0.2) is 12.2 Å². The van der Waals surface area contributed by atoms with Gasteiger partial charge in [-0.05, 0) is 135 Å². The summed E-state index contributed by atoms with van der Waals surface area (Å²) in [6.45, 7) is 4.49. The molecule has 0 aliphatic carbocycles. The summed E-state index contributed by atoms with van der Waals surface area (Å²) < 4.78 is 68.5. The molecule has 0 saturated carbocycles. The van der Waals surface area contributed by atoms with Crippen LogP contribution in [0.25, 0.3) is 0 Å². The fraction of sp³-hybridized carbons (Fsp3) is 0.671. The molecule has 5 atom stereocenters. The lowest BCUT2D eigenvalue weighted by Gasteiger charge is -2.21. The molecule has 0 bridgehead atoms. The highest BCUT2D eigenvalue weighted by atomic mass is 31.2. The van der Waals surface area contributed by atoms with E-state index in [2.05, 4.69) is 149 Å². The minimum absolute atomic E-state index is 0.0000502. The molecular weight excluding hydrogens is 1350 g/mol. The molecule has 104 heavy (non-hydrogen) atoms. The second-order valence-electron chi connectivity index (χ2n) is 26.2. The molecule has 19 heteroatoms. The van der Waals surface area contributed by atoms with E-state index in [4.69, 9.17) is 37.0 Å². The Kier molecular flexibility index (Phi) is 72.4. The van der Waals surface area contributed by atoms with Crippen molar-refractivity contribution in [3.63, 3.8) is 0 Å². The van der Waals surface area contributed by atoms with Gasteiger partial charge in [-0.3, -0.25) is 37.3 Å². The maximum absolute atomic E-state index is 13.1. The van der Waals surface area contributed by atoms with Gasteiger partial charge in [-0.15, -0.1) is 0 Å². The second kappa shape index (κ2) is 76.1. The number of aliphatic hydroxyl groups excluding tert-OH is 1. The first-order chi connectivity index (χ1) is 50.7. The van der Waals surface area contributed by atoms with Gasteiger partial charge < -0.3 is 33.8 Å². The van der Waals surface area contributed by atoms with Gasteiger partial charge in [0, 0.05) is 25.7 Å². The first-order valence-corrected chi connectivity index (χ1v) is 43.1. The van der Waals surface area contributed by atoms with Gasteiger partial charge in [-0.1, -0.05) is 296 Å². The molecule has 0 aliphatic heterocycles. The van der Waals surface area contributed by atoms with Crippen molar-refractivity contribution < 1.29 is 80.2 Å². The third-order valence-corrected chi connectivity index (χ3v) is 18.2. The predicted molar refractivity (Wildman–Crippen MR) is 427 cm³/mol. The van der Waals surface area contributed by atoms with Crippen LogP contribution in [0.3, 0.4) is 0 Å². The minimum Gasteiger partial charge on any atom is -0.462 e. The Morgan fingerprint density at radius 1 is 0.279 bits per heavy atom. The summed E-state index contributed by atoms with van der Waals surface area (Å²) in [5.41, 5.74) is 0. The average Bonchev–Trinajstić information content (AvgIpc) is 0.926. The van der Waals surface area contributed by atoms with Crippen molar-refractivity contribution in [1.82, 2.24) is 0 Å². The third-order valence-electron chi connectivity index (χ3n) is 16.3. The van der Waals surface area contributed by atoms with E-state index in [0.717, 1.165) is 135 Å².